The Morgan fingerprint density at radius 2 is 1.82 bits per heavy atom. The van der Waals surface area contributed by atoms with Crippen LogP contribution in [-0.2, 0) is 27.7 Å². The highest BCUT2D eigenvalue weighted by Crippen LogP contribution is 2.28. The second-order valence-corrected chi connectivity index (χ2v) is 8.32. The Hall–Kier alpha value is -2.58. The van der Waals surface area contributed by atoms with Gasteiger partial charge < -0.3 is 14.8 Å². The summed E-state index contributed by atoms with van der Waals surface area (Å²) in [5.41, 5.74) is 2.46. The fourth-order valence-corrected chi connectivity index (χ4v) is 4.25. The van der Waals surface area contributed by atoms with Crippen molar-refractivity contribution in [2.45, 2.75) is 30.6 Å². The van der Waals surface area contributed by atoms with Crippen molar-refractivity contribution in [1.29, 1.82) is 0 Å². The minimum absolute atomic E-state index is 0.0394. The monoisotopic (exact) mass is 404 g/mol. The maximum Gasteiger partial charge on any atom is 0.240 e. The number of carbonyl (C=O) groups excluding carboxylic acids is 1. The van der Waals surface area contributed by atoms with E-state index in [9.17, 15) is 13.2 Å². The largest absolute Gasteiger partial charge is 0.493 e. The number of aryl methyl sites for hydroxylation is 1. The first-order valence-corrected chi connectivity index (χ1v) is 10.5. The molecule has 0 aliphatic carbocycles. The Morgan fingerprint density at radius 1 is 1.04 bits per heavy atom. The highest BCUT2D eigenvalue weighted by atomic mass is 32.2. The zero-order valence-electron chi connectivity index (χ0n) is 15.9. The number of anilines is 1. The third kappa shape index (κ3) is 4.63. The molecule has 0 fully saturated rings. The molecule has 0 atom stereocenters. The Kier molecular flexibility index (Phi) is 6.21. The Labute approximate surface area is 165 Å². The van der Waals surface area contributed by atoms with E-state index in [0.29, 0.717) is 42.9 Å². The van der Waals surface area contributed by atoms with Crippen molar-refractivity contribution < 1.29 is 22.7 Å². The summed E-state index contributed by atoms with van der Waals surface area (Å²) < 4.78 is 38.4. The van der Waals surface area contributed by atoms with Gasteiger partial charge in [-0.1, -0.05) is 6.07 Å². The van der Waals surface area contributed by atoms with E-state index >= 15 is 0 Å². The number of hydrogen-bond donors (Lipinski definition) is 2. The van der Waals surface area contributed by atoms with Gasteiger partial charge in [-0.25, -0.2) is 13.1 Å². The number of hydrogen-bond acceptors (Lipinski definition) is 5. The summed E-state index contributed by atoms with van der Waals surface area (Å²) in [4.78, 5) is 11.8. The van der Waals surface area contributed by atoms with Gasteiger partial charge >= 0.3 is 0 Å². The molecule has 0 spiro atoms. The number of fused-ring (bicyclic) bond motifs is 1. The zero-order valence-corrected chi connectivity index (χ0v) is 16.8. The molecule has 1 aliphatic heterocycles. The molecule has 1 amide bonds. The van der Waals surface area contributed by atoms with Crippen LogP contribution in [0.1, 0.15) is 24.0 Å². The average Bonchev–Trinajstić information content (AvgIpc) is 2.87. The lowest BCUT2D eigenvalue weighted by Gasteiger charge is -2.12. The summed E-state index contributed by atoms with van der Waals surface area (Å²) in [6.07, 6.45) is 2.33. The normalized spacial score (nSPS) is 14.0. The molecule has 2 N–H and O–H groups in total. The number of rotatable bonds is 7. The highest BCUT2D eigenvalue weighted by Gasteiger charge is 2.18. The maximum atomic E-state index is 12.6. The second-order valence-electron chi connectivity index (χ2n) is 6.56. The molecular formula is C20H24N2O5S. The van der Waals surface area contributed by atoms with Gasteiger partial charge in [-0.3, -0.25) is 4.79 Å². The fourth-order valence-electron chi connectivity index (χ4n) is 3.17. The number of nitrogens with one attached hydrogen (secondary N) is 2. The van der Waals surface area contributed by atoms with Crippen LogP contribution in [0.25, 0.3) is 0 Å². The SMILES string of the molecule is COc1ccc(CCNS(=O)(=O)c2ccc3c(c2)CCCC(=O)N3)cc1OC. The van der Waals surface area contributed by atoms with Crippen LogP contribution in [0, 0.1) is 0 Å². The van der Waals surface area contributed by atoms with E-state index in [1.807, 2.05) is 12.1 Å². The van der Waals surface area contributed by atoms with E-state index in [-0.39, 0.29) is 17.3 Å². The summed E-state index contributed by atoms with van der Waals surface area (Å²) >= 11 is 0. The van der Waals surface area contributed by atoms with Crippen molar-refractivity contribution in [2.75, 3.05) is 26.1 Å². The summed E-state index contributed by atoms with van der Waals surface area (Å²) in [6, 6.07) is 10.3. The lowest BCUT2D eigenvalue weighted by molar-refractivity contribution is -0.116. The van der Waals surface area contributed by atoms with E-state index in [4.69, 9.17) is 9.47 Å². The van der Waals surface area contributed by atoms with Crippen molar-refractivity contribution >= 4 is 21.6 Å². The highest BCUT2D eigenvalue weighted by molar-refractivity contribution is 7.89. The molecule has 1 heterocycles. The smallest absolute Gasteiger partial charge is 0.240 e. The number of benzene rings is 2. The van der Waals surface area contributed by atoms with Crippen LogP contribution in [0.2, 0.25) is 0 Å². The minimum atomic E-state index is -3.64. The molecule has 28 heavy (non-hydrogen) atoms. The topological polar surface area (TPSA) is 93.7 Å². The van der Waals surface area contributed by atoms with Gasteiger partial charge in [-0.15, -0.1) is 0 Å². The molecule has 0 unspecified atom stereocenters. The zero-order chi connectivity index (χ0) is 20.1. The molecule has 0 aromatic heterocycles. The van der Waals surface area contributed by atoms with Gasteiger partial charge in [0.2, 0.25) is 15.9 Å². The molecule has 0 saturated heterocycles. The fraction of sp³-hybridized carbons (Fsp3) is 0.350. The lowest BCUT2D eigenvalue weighted by Crippen LogP contribution is -2.26. The van der Waals surface area contributed by atoms with Gasteiger partial charge in [-0.05, 0) is 60.7 Å². The molecule has 0 radical (unpaired) electrons. The second kappa shape index (κ2) is 8.62. The molecular weight excluding hydrogens is 380 g/mol. The predicted molar refractivity (Wildman–Crippen MR) is 106 cm³/mol. The van der Waals surface area contributed by atoms with E-state index in [0.717, 1.165) is 11.1 Å². The molecule has 2 aromatic rings. The summed E-state index contributed by atoms with van der Waals surface area (Å²) in [6.45, 7) is 0.256. The lowest BCUT2D eigenvalue weighted by atomic mass is 10.1. The van der Waals surface area contributed by atoms with Crippen molar-refractivity contribution in [3.05, 3.63) is 47.5 Å². The first-order valence-electron chi connectivity index (χ1n) is 9.06. The Morgan fingerprint density at radius 3 is 2.57 bits per heavy atom. The van der Waals surface area contributed by atoms with Gasteiger partial charge in [0, 0.05) is 18.7 Å². The van der Waals surface area contributed by atoms with Gasteiger partial charge in [-0.2, -0.15) is 0 Å². The van der Waals surface area contributed by atoms with Gasteiger partial charge in [0.1, 0.15) is 0 Å². The van der Waals surface area contributed by atoms with Crippen LogP contribution in [0.3, 0.4) is 0 Å². The summed E-state index contributed by atoms with van der Waals surface area (Å²) in [5.74, 6) is 1.20. The third-order valence-electron chi connectivity index (χ3n) is 4.66. The standard InChI is InChI=1S/C20H24N2O5S/c1-26-18-9-6-14(12-19(18)27-2)10-11-21-28(24,25)16-7-8-17-15(13-16)4-3-5-20(23)22-17/h6-9,12-13,21H,3-5,10-11H2,1-2H3,(H,22,23). The molecule has 1 aliphatic rings. The number of methoxy groups -OCH3 is 2. The molecule has 8 heteroatoms. The van der Waals surface area contributed by atoms with E-state index in [1.54, 1.807) is 32.4 Å². The van der Waals surface area contributed by atoms with Crippen molar-refractivity contribution in [2.24, 2.45) is 0 Å². The van der Waals surface area contributed by atoms with Crippen LogP contribution in [0.4, 0.5) is 5.69 Å². The number of amides is 1. The Bertz CT molecular complexity index is 973. The van der Waals surface area contributed by atoms with Crippen molar-refractivity contribution in [1.82, 2.24) is 4.72 Å². The van der Waals surface area contributed by atoms with Gasteiger partial charge in [0.05, 0.1) is 19.1 Å². The Balaban J connectivity index is 1.67. The van der Waals surface area contributed by atoms with E-state index in [1.165, 1.54) is 6.07 Å². The molecule has 0 saturated carbocycles. The summed E-state index contributed by atoms with van der Waals surface area (Å²) in [7, 11) is -0.509. The third-order valence-corrected chi connectivity index (χ3v) is 6.12. The minimum Gasteiger partial charge on any atom is -0.493 e. The number of carbonyl (C=O) groups is 1. The number of sulfonamides is 1. The van der Waals surface area contributed by atoms with Crippen LogP contribution in [0.15, 0.2) is 41.3 Å². The van der Waals surface area contributed by atoms with Crippen molar-refractivity contribution in [3.8, 4) is 11.5 Å². The summed E-state index contributed by atoms with van der Waals surface area (Å²) in [5, 5.41) is 2.81. The number of ether oxygens (including phenoxy) is 2. The van der Waals surface area contributed by atoms with Crippen LogP contribution in [-0.4, -0.2) is 35.1 Å². The van der Waals surface area contributed by atoms with Crippen LogP contribution < -0.4 is 19.5 Å². The van der Waals surface area contributed by atoms with Crippen LogP contribution >= 0.6 is 0 Å². The molecule has 150 valence electrons. The molecule has 2 aromatic carbocycles. The first kappa shape index (κ1) is 20.2. The molecule has 0 bridgehead atoms. The van der Waals surface area contributed by atoms with E-state index < -0.39 is 10.0 Å². The predicted octanol–water partition coefficient (Wildman–Crippen LogP) is 2.50. The van der Waals surface area contributed by atoms with Crippen LogP contribution in [0.5, 0.6) is 11.5 Å². The molecule has 7 nitrogen and oxygen atoms in total. The van der Waals surface area contributed by atoms with Gasteiger partial charge in [0.25, 0.3) is 0 Å². The average molecular weight is 404 g/mol. The van der Waals surface area contributed by atoms with Crippen molar-refractivity contribution in [3.63, 3.8) is 0 Å². The molecule has 3 rings (SSSR count). The van der Waals surface area contributed by atoms with E-state index in [2.05, 4.69) is 10.0 Å². The quantitative estimate of drug-likeness (QED) is 0.740. The maximum absolute atomic E-state index is 12.6. The van der Waals surface area contributed by atoms with Gasteiger partial charge in [0.15, 0.2) is 11.5 Å². The first-order chi connectivity index (χ1) is 13.4.